The highest BCUT2D eigenvalue weighted by molar-refractivity contribution is 5.01. The number of nitrogens with one attached hydrogen (secondary N) is 2. The molecular formula is C9H15N3O3. The molecule has 0 spiro atoms. The van der Waals surface area contributed by atoms with Crippen LogP contribution < -0.4 is 10.9 Å². The Balaban J connectivity index is 2.62. The van der Waals surface area contributed by atoms with E-state index in [2.05, 4.69) is 15.3 Å². The number of H-pyrrole nitrogens is 1. The van der Waals surface area contributed by atoms with Crippen LogP contribution in [0.3, 0.4) is 0 Å². The lowest BCUT2D eigenvalue weighted by Crippen LogP contribution is -2.24. The molecule has 0 aliphatic carbocycles. The van der Waals surface area contributed by atoms with E-state index in [1.54, 1.807) is 7.05 Å². The molecule has 0 saturated heterocycles. The highest BCUT2D eigenvalue weighted by Gasteiger charge is 2.18. The molecule has 0 saturated carbocycles. The Bertz CT molecular complexity index is 332. The van der Waals surface area contributed by atoms with Gasteiger partial charge in [-0.3, -0.25) is 9.78 Å². The van der Waals surface area contributed by atoms with Gasteiger partial charge in [-0.1, -0.05) is 0 Å². The zero-order valence-corrected chi connectivity index (χ0v) is 8.47. The minimum absolute atomic E-state index is 0.262. The smallest absolute Gasteiger partial charge is 0.266 e. The third-order valence-corrected chi connectivity index (χ3v) is 2.05. The van der Waals surface area contributed by atoms with Crippen molar-refractivity contribution in [3.63, 3.8) is 0 Å². The Labute approximate surface area is 87.0 Å². The van der Waals surface area contributed by atoms with Crippen molar-refractivity contribution in [2.24, 2.45) is 0 Å². The third kappa shape index (κ3) is 3.43. The molecule has 15 heavy (non-hydrogen) atoms. The van der Waals surface area contributed by atoms with Gasteiger partial charge < -0.3 is 20.5 Å². The molecule has 0 radical (unpaired) electrons. The second-order valence-corrected chi connectivity index (χ2v) is 3.24. The van der Waals surface area contributed by atoms with E-state index in [0.29, 0.717) is 13.0 Å². The van der Waals surface area contributed by atoms with Crippen LogP contribution in [0.5, 0.6) is 0 Å². The largest absolute Gasteiger partial charge is 0.390 e. The van der Waals surface area contributed by atoms with Crippen LogP contribution in [0.2, 0.25) is 0 Å². The molecule has 0 fully saturated rings. The Morgan fingerprint density at radius 3 is 2.87 bits per heavy atom. The van der Waals surface area contributed by atoms with Gasteiger partial charge >= 0.3 is 0 Å². The number of rotatable bonds is 5. The van der Waals surface area contributed by atoms with Crippen LogP contribution in [0.4, 0.5) is 0 Å². The number of aromatic amines is 1. The first-order valence-electron chi connectivity index (χ1n) is 4.70. The maximum Gasteiger partial charge on any atom is 0.266 e. The second kappa shape index (κ2) is 5.59. The first-order chi connectivity index (χ1) is 7.15. The fourth-order valence-electron chi connectivity index (χ4n) is 1.16. The first kappa shape index (κ1) is 11.8. The average molecular weight is 213 g/mol. The molecule has 4 N–H and O–H groups in total. The van der Waals surface area contributed by atoms with Crippen LogP contribution in [0.1, 0.15) is 18.2 Å². The fraction of sp³-hybridized carbons (Fsp3) is 0.556. The minimum Gasteiger partial charge on any atom is -0.390 e. The summed E-state index contributed by atoms with van der Waals surface area (Å²) in [6, 6.07) is 0. The summed E-state index contributed by atoms with van der Waals surface area (Å²) in [5.74, 6) is 0. The lowest BCUT2D eigenvalue weighted by Gasteiger charge is -2.16. The van der Waals surface area contributed by atoms with E-state index >= 15 is 0 Å². The molecule has 6 heteroatoms. The van der Waals surface area contributed by atoms with Crippen molar-refractivity contribution in [3.05, 3.63) is 28.4 Å². The van der Waals surface area contributed by atoms with Crippen LogP contribution in [0.25, 0.3) is 0 Å². The number of hydrogen-bond donors (Lipinski definition) is 4. The number of aliphatic hydroxyl groups is 2. The summed E-state index contributed by atoms with van der Waals surface area (Å²) in [5.41, 5.74) is -0.0751. The summed E-state index contributed by atoms with van der Waals surface area (Å²) in [4.78, 5) is 16.8. The van der Waals surface area contributed by atoms with E-state index in [1.807, 2.05) is 0 Å². The van der Waals surface area contributed by atoms with Crippen LogP contribution in [0.15, 0.2) is 17.2 Å². The second-order valence-electron chi connectivity index (χ2n) is 3.24. The van der Waals surface area contributed by atoms with E-state index < -0.39 is 12.2 Å². The van der Waals surface area contributed by atoms with Crippen LogP contribution in [-0.4, -0.2) is 39.9 Å². The van der Waals surface area contributed by atoms with Crippen molar-refractivity contribution in [1.82, 2.24) is 15.3 Å². The molecule has 0 aliphatic rings. The number of hydrogen-bond acceptors (Lipinski definition) is 5. The van der Waals surface area contributed by atoms with Gasteiger partial charge in [-0.15, -0.1) is 0 Å². The summed E-state index contributed by atoms with van der Waals surface area (Å²) < 4.78 is 0. The molecule has 2 atom stereocenters. The number of aromatic nitrogens is 2. The predicted octanol–water partition coefficient (Wildman–Crippen LogP) is -1.23. The predicted molar refractivity (Wildman–Crippen MR) is 54.4 cm³/mol. The Hall–Kier alpha value is -1.24. The quantitative estimate of drug-likeness (QED) is 0.491. The SMILES string of the molecule is CNCCC(O)C(O)c1c[nH]c(=O)cn1. The van der Waals surface area contributed by atoms with E-state index in [9.17, 15) is 15.0 Å². The van der Waals surface area contributed by atoms with Crippen LogP contribution in [-0.2, 0) is 0 Å². The summed E-state index contributed by atoms with van der Waals surface area (Å²) in [7, 11) is 1.76. The Morgan fingerprint density at radius 2 is 2.33 bits per heavy atom. The van der Waals surface area contributed by atoms with Gasteiger partial charge in [0.15, 0.2) is 0 Å². The van der Waals surface area contributed by atoms with E-state index in [1.165, 1.54) is 6.20 Å². The number of aliphatic hydroxyl groups excluding tert-OH is 2. The van der Waals surface area contributed by atoms with Crippen molar-refractivity contribution in [1.29, 1.82) is 0 Å². The fourth-order valence-corrected chi connectivity index (χ4v) is 1.16. The Kier molecular flexibility index (Phi) is 4.41. The molecule has 84 valence electrons. The molecule has 0 amide bonds. The van der Waals surface area contributed by atoms with Crippen molar-refractivity contribution in [2.75, 3.05) is 13.6 Å². The summed E-state index contributed by atoms with van der Waals surface area (Å²) in [6.45, 7) is 0.599. The first-order valence-corrected chi connectivity index (χ1v) is 4.70. The topological polar surface area (TPSA) is 98.2 Å². The van der Waals surface area contributed by atoms with Crippen molar-refractivity contribution < 1.29 is 10.2 Å². The zero-order valence-electron chi connectivity index (χ0n) is 8.47. The van der Waals surface area contributed by atoms with Gasteiger partial charge in [-0.2, -0.15) is 0 Å². The zero-order chi connectivity index (χ0) is 11.3. The summed E-state index contributed by atoms with van der Waals surface area (Å²) in [6.07, 6.45) is 0.822. The van der Waals surface area contributed by atoms with Gasteiger partial charge in [0, 0.05) is 6.20 Å². The lowest BCUT2D eigenvalue weighted by molar-refractivity contribution is 0.0113. The number of nitrogens with zero attached hydrogens (tertiary/aromatic N) is 1. The highest BCUT2D eigenvalue weighted by atomic mass is 16.3. The summed E-state index contributed by atoms with van der Waals surface area (Å²) in [5, 5.41) is 22.1. The standard InChI is InChI=1S/C9H15N3O3/c1-10-3-2-7(13)9(15)6-4-12-8(14)5-11-6/h4-5,7,9-10,13,15H,2-3H2,1H3,(H,12,14). The van der Waals surface area contributed by atoms with E-state index in [0.717, 1.165) is 6.20 Å². The maximum absolute atomic E-state index is 10.7. The third-order valence-electron chi connectivity index (χ3n) is 2.05. The normalized spacial score (nSPS) is 14.9. The lowest BCUT2D eigenvalue weighted by atomic mass is 10.1. The molecule has 2 unspecified atom stereocenters. The summed E-state index contributed by atoms with van der Waals surface area (Å²) >= 11 is 0. The average Bonchev–Trinajstić information content (AvgIpc) is 2.26. The molecule has 0 aromatic carbocycles. The molecule has 1 aromatic rings. The Morgan fingerprint density at radius 1 is 1.60 bits per heavy atom. The minimum atomic E-state index is -1.07. The van der Waals surface area contributed by atoms with Gasteiger partial charge in [0.25, 0.3) is 5.56 Å². The molecule has 6 nitrogen and oxygen atoms in total. The molecule has 1 aromatic heterocycles. The van der Waals surface area contributed by atoms with Crippen LogP contribution in [0, 0.1) is 0 Å². The highest BCUT2D eigenvalue weighted by Crippen LogP contribution is 2.14. The maximum atomic E-state index is 10.7. The monoisotopic (exact) mass is 213 g/mol. The molecule has 1 heterocycles. The van der Waals surface area contributed by atoms with Gasteiger partial charge in [-0.25, -0.2) is 0 Å². The van der Waals surface area contributed by atoms with Crippen molar-refractivity contribution in [3.8, 4) is 0 Å². The van der Waals surface area contributed by atoms with E-state index in [4.69, 9.17) is 0 Å². The van der Waals surface area contributed by atoms with Gasteiger partial charge in [0.2, 0.25) is 0 Å². The molecule has 1 rings (SSSR count). The van der Waals surface area contributed by atoms with Crippen LogP contribution >= 0.6 is 0 Å². The molecular weight excluding hydrogens is 198 g/mol. The van der Waals surface area contributed by atoms with Crippen molar-refractivity contribution in [2.45, 2.75) is 18.6 Å². The van der Waals surface area contributed by atoms with E-state index in [-0.39, 0.29) is 11.3 Å². The molecule has 0 aliphatic heterocycles. The van der Waals surface area contributed by atoms with Gasteiger partial charge in [-0.05, 0) is 20.0 Å². The van der Waals surface area contributed by atoms with Crippen molar-refractivity contribution >= 4 is 0 Å². The molecule has 0 bridgehead atoms. The van der Waals surface area contributed by atoms with Gasteiger partial charge in [0.1, 0.15) is 6.10 Å². The van der Waals surface area contributed by atoms with Gasteiger partial charge in [0.05, 0.1) is 18.0 Å².